The van der Waals surface area contributed by atoms with E-state index in [1.54, 1.807) is 0 Å². The lowest BCUT2D eigenvalue weighted by atomic mass is 10.0. The Kier molecular flexibility index (Phi) is 2.06. The minimum atomic E-state index is -0.176. The molecular formula is C12H12ClN3. The molecule has 1 fully saturated rings. The summed E-state index contributed by atoms with van der Waals surface area (Å²) in [5.74, 6) is 0. The van der Waals surface area contributed by atoms with E-state index in [1.165, 1.54) is 0 Å². The molecule has 3 N–H and O–H groups in total. The zero-order valence-electron chi connectivity index (χ0n) is 8.70. The first-order valence-corrected chi connectivity index (χ1v) is 5.65. The first-order valence-electron chi connectivity index (χ1n) is 5.28. The number of hydrogen-bond donors (Lipinski definition) is 2. The highest BCUT2D eigenvalue weighted by Gasteiger charge is 2.42. The Morgan fingerprint density at radius 1 is 1.38 bits per heavy atom. The van der Waals surface area contributed by atoms with E-state index in [-0.39, 0.29) is 5.54 Å². The van der Waals surface area contributed by atoms with Crippen LogP contribution in [0.4, 0.5) is 0 Å². The molecule has 1 aliphatic carbocycles. The summed E-state index contributed by atoms with van der Waals surface area (Å²) < 4.78 is 0. The van der Waals surface area contributed by atoms with E-state index in [4.69, 9.17) is 17.3 Å². The molecule has 1 saturated carbocycles. The minimum absolute atomic E-state index is 0.176. The Morgan fingerprint density at radius 2 is 2.19 bits per heavy atom. The fourth-order valence-corrected chi connectivity index (χ4v) is 2.12. The summed E-state index contributed by atoms with van der Waals surface area (Å²) in [5, 5.41) is 7.82. The van der Waals surface area contributed by atoms with Crippen molar-refractivity contribution in [2.24, 2.45) is 5.73 Å². The normalized spacial score (nSPS) is 17.4. The van der Waals surface area contributed by atoms with Crippen LogP contribution in [0.15, 0.2) is 30.5 Å². The SMILES string of the molecule is NC1(c2cn[nH]c2-c2cccc(Cl)c2)CC1. The van der Waals surface area contributed by atoms with Crippen LogP contribution >= 0.6 is 11.6 Å². The lowest BCUT2D eigenvalue weighted by molar-refractivity contribution is 0.743. The first-order chi connectivity index (χ1) is 7.69. The molecule has 2 aromatic rings. The maximum atomic E-state index is 6.20. The van der Waals surface area contributed by atoms with Gasteiger partial charge in [-0.15, -0.1) is 0 Å². The van der Waals surface area contributed by atoms with Gasteiger partial charge >= 0.3 is 0 Å². The maximum Gasteiger partial charge on any atom is 0.0701 e. The predicted octanol–water partition coefficient (Wildman–Crippen LogP) is 2.68. The summed E-state index contributed by atoms with van der Waals surface area (Å²) in [4.78, 5) is 0. The molecule has 16 heavy (non-hydrogen) atoms. The standard InChI is InChI=1S/C12H12ClN3/c13-9-3-1-2-8(6-9)11-10(7-15-16-11)12(14)4-5-12/h1-3,6-7H,4-5,14H2,(H,15,16). The van der Waals surface area contributed by atoms with Crippen LogP contribution in [0, 0.1) is 0 Å². The highest BCUT2D eigenvalue weighted by molar-refractivity contribution is 6.30. The number of nitrogens with two attached hydrogens (primary N) is 1. The third-order valence-electron chi connectivity index (χ3n) is 3.08. The third-order valence-corrected chi connectivity index (χ3v) is 3.31. The smallest absolute Gasteiger partial charge is 0.0701 e. The number of aromatic nitrogens is 2. The lowest BCUT2D eigenvalue weighted by Gasteiger charge is -2.09. The molecule has 1 aliphatic rings. The number of nitrogens with zero attached hydrogens (tertiary/aromatic N) is 1. The molecule has 1 aromatic heterocycles. The molecule has 82 valence electrons. The van der Waals surface area contributed by atoms with Crippen molar-refractivity contribution in [1.82, 2.24) is 10.2 Å². The molecule has 0 amide bonds. The monoisotopic (exact) mass is 233 g/mol. The van der Waals surface area contributed by atoms with Gasteiger partial charge in [-0.25, -0.2) is 0 Å². The number of H-pyrrole nitrogens is 1. The van der Waals surface area contributed by atoms with Gasteiger partial charge in [0.2, 0.25) is 0 Å². The summed E-state index contributed by atoms with van der Waals surface area (Å²) in [6, 6.07) is 7.72. The number of hydrogen-bond acceptors (Lipinski definition) is 2. The molecule has 0 saturated heterocycles. The van der Waals surface area contributed by atoms with E-state index in [0.29, 0.717) is 0 Å². The topological polar surface area (TPSA) is 54.7 Å². The van der Waals surface area contributed by atoms with Crippen molar-refractivity contribution in [1.29, 1.82) is 0 Å². The summed E-state index contributed by atoms with van der Waals surface area (Å²) in [5.41, 5.74) is 9.14. The summed E-state index contributed by atoms with van der Waals surface area (Å²) in [7, 11) is 0. The number of halogens is 1. The van der Waals surface area contributed by atoms with Crippen LogP contribution < -0.4 is 5.73 Å². The second-order valence-corrected chi connectivity index (χ2v) is 4.76. The second kappa shape index (κ2) is 3.34. The van der Waals surface area contributed by atoms with Crippen molar-refractivity contribution in [2.45, 2.75) is 18.4 Å². The highest BCUT2D eigenvalue weighted by atomic mass is 35.5. The van der Waals surface area contributed by atoms with Crippen LogP contribution in [-0.4, -0.2) is 10.2 Å². The van der Waals surface area contributed by atoms with Gasteiger partial charge in [0.1, 0.15) is 0 Å². The minimum Gasteiger partial charge on any atom is -0.321 e. The van der Waals surface area contributed by atoms with E-state index in [1.807, 2.05) is 30.5 Å². The largest absolute Gasteiger partial charge is 0.321 e. The van der Waals surface area contributed by atoms with Gasteiger partial charge in [0.25, 0.3) is 0 Å². The number of benzene rings is 1. The molecule has 0 atom stereocenters. The fraction of sp³-hybridized carbons (Fsp3) is 0.250. The molecule has 4 heteroatoms. The lowest BCUT2D eigenvalue weighted by Crippen LogP contribution is -2.18. The highest BCUT2D eigenvalue weighted by Crippen LogP contribution is 2.45. The van der Waals surface area contributed by atoms with Gasteiger partial charge in [-0.3, -0.25) is 5.10 Å². The van der Waals surface area contributed by atoms with Crippen LogP contribution in [0.3, 0.4) is 0 Å². The number of rotatable bonds is 2. The van der Waals surface area contributed by atoms with Crippen molar-refractivity contribution >= 4 is 11.6 Å². The second-order valence-electron chi connectivity index (χ2n) is 4.33. The Balaban J connectivity index is 2.10. The predicted molar refractivity (Wildman–Crippen MR) is 64.1 cm³/mol. The van der Waals surface area contributed by atoms with Gasteiger partial charge in [-0.05, 0) is 25.0 Å². The van der Waals surface area contributed by atoms with Gasteiger partial charge in [0.05, 0.1) is 11.9 Å². The summed E-state index contributed by atoms with van der Waals surface area (Å²) in [6.45, 7) is 0. The van der Waals surface area contributed by atoms with Gasteiger partial charge < -0.3 is 5.73 Å². The van der Waals surface area contributed by atoms with Crippen molar-refractivity contribution in [3.63, 3.8) is 0 Å². The Labute approximate surface area is 98.6 Å². The van der Waals surface area contributed by atoms with Crippen molar-refractivity contribution in [2.75, 3.05) is 0 Å². The summed E-state index contributed by atoms with van der Waals surface area (Å²) >= 11 is 5.98. The van der Waals surface area contributed by atoms with E-state index < -0.39 is 0 Å². The maximum absolute atomic E-state index is 6.20. The van der Waals surface area contributed by atoms with Crippen molar-refractivity contribution in [3.05, 3.63) is 41.0 Å². The average molecular weight is 234 g/mol. The quantitative estimate of drug-likeness (QED) is 0.838. The average Bonchev–Trinajstić information content (AvgIpc) is 2.83. The molecule has 0 bridgehead atoms. The number of nitrogens with one attached hydrogen (secondary N) is 1. The molecule has 3 rings (SSSR count). The molecule has 1 heterocycles. The Bertz CT molecular complexity index is 529. The number of aromatic amines is 1. The Morgan fingerprint density at radius 3 is 2.88 bits per heavy atom. The molecule has 0 radical (unpaired) electrons. The third kappa shape index (κ3) is 1.52. The van der Waals surface area contributed by atoms with Crippen LogP contribution in [0.2, 0.25) is 5.02 Å². The van der Waals surface area contributed by atoms with Gasteiger partial charge in [0, 0.05) is 21.7 Å². The molecule has 3 nitrogen and oxygen atoms in total. The van der Waals surface area contributed by atoms with E-state index in [0.717, 1.165) is 34.7 Å². The fourth-order valence-electron chi connectivity index (χ4n) is 1.93. The van der Waals surface area contributed by atoms with Gasteiger partial charge in [0.15, 0.2) is 0 Å². The zero-order chi connectivity index (χ0) is 11.2. The van der Waals surface area contributed by atoms with Crippen molar-refractivity contribution in [3.8, 4) is 11.3 Å². The Hall–Kier alpha value is -1.32. The zero-order valence-corrected chi connectivity index (χ0v) is 9.46. The van der Waals surface area contributed by atoms with Crippen LogP contribution in [0.5, 0.6) is 0 Å². The molecule has 0 unspecified atom stereocenters. The molecule has 0 aliphatic heterocycles. The summed E-state index contributed by atoms with van der Waals surface area (Å²) in [6.07, 6.45) is 3.88. The van der Waals surface area contributed by atoms with Crippen LogP contribution in [-0.2, 0) is 5.54 Å². The van der Waals surface area contributed by atoms with Gasteiger partial charge in [-0.1, -0.05) is 23.7 Å². The van der Waals surface area contributed by atoms with Crippen molar-refractivity contribution < 1.29 is 0 Å². The van der Waals surface area contributed by atoms with Crippen LogP contribution in [0.1, 0.15) is 18.4 Å². The van der Waals surface area contributed by atoms with E-state index >= 15 is 0 Å². The first kappa shape index (κ1) is 9.87. The molecule has 1 aromatic carbocycles. The van der Waals surface area contributed by atoms with E-state index in [9.17, 15) is 0 Å². The van der Waals surface area contributed by atoms with Gasteiger partial charge in [-0.2, -0.15) is 5.10 Å². The van der Waals surface area contributed by atoms with Crippen LogP contribution in [0.25, 0.3) is 11.3 Å². The van der Waals surface area contributed by atoms with E-state index in [2.05, 4.69) is 10.2 Å². The molecular weight excluding hydrogens is 222 g/mol. The molecule has 0 spiro atoms.